The van der Waals surface area contributed by atoms with Gasteiger partial charge in [-0.25, -0.2) is 4.39 Å². The second kappa shape index (κ2) is 6.87. The fourth-order valence-electron chi connectivity index (χ4n) is 2.11. The Kier molecular flexibility index (Phi) is 4.47. The highest BCUT2D eigenvalue weighted by molar-refractivity contribution is 6.04. The molecule has 0 aliphatic rings. The highest BCUT2D eigenvalue weighted by Crippen LogP contribution is 2.20. The number of aromatic nitrogens is 2. The summed E-state index contributed by atoms with van der Waals surface area (Å²) < 4.78 is 17.9. The van der Waals surface area contributed by atoms with E-state index < -0.39 is 0 Å². The average molecular weight is 323 g/mol. The predicted molar refractivity (Wildman–Crippen MR) is 88.4 cm³/mol. The van der Waals surface area contributed by atoms with Crippen LogP contribution in [-0.4, -0.2) is 23.2 Å². The van der Waals surface area contributed by atoms with Gasteiger partial charge in [-0.05, 0) is 42.5 Å². The number of carbonyl (C=O) groups excluding carboxylic acids is 1. The van der Waals surface area contributed by atoms with Gasteiger partial charge in [0.05, 0.1) is 12.8 Å². The summed E-state index contributed by atoms with van der Waals surface area (Å²) in [6.07, 6.45) is 0. The van der Waals surface area contributed by atoms with Crippen LogP contribution in [0.25, 0.3) is 11.3 Å². The Morgan fingerprint density at radius 1 is 0.958 bits per heavy atom. The molecule has 3 aromatic rings. The SMILES string of the molecule is COc1ccc(-c2ccc(NC(=O)c3ccc(F)cc3)cc2)nn1. The average Bonchev–Trinajstić information content (AvgIpc) is 2.63. The zero-order chi connectivity index (χ0) is 16.9. The number of hydrogen-bond donors (Lipinski definition) is 1. The summed E-state index contributed by atoms with van der Waals surface area (Å²) in [6.45, 7) is 0. The van der Waals surface area contributed by atoms with Crippen molar-refractivity contribution in [2.75, 3.05) is 12.4 Å². The number of hydrogen-bond acceptors (Lipinski definition) is 4. The van der Waals surface area contributed by atoms with E-state index in [1.165, 1.54) is 31.4 Å². The van der Waals surface area contributed by atoms with Crippen LogP contribution in [-0.2, 0) is 0 Å². The van der Waals surface area contributed by atoms with E-state index in [4.69, 9.17) is 4.74 Å². The smallest absolute Gasteiger partial charge is 0.255 e. The first-order chi connectivity index (χ1) is 11.7. The fraction of sp³-hybridized carbons (Fsp3) is 0.0556. The monoisotopic (exact) mass is 323 g/mol. The second-order valence-corrected chi connectivity index (χ2v) is 5.00. The van der Waals surface area contributed by atoms with Gasteiger partial charge in [-0.2, -0.15) is 0 Å². The number of halogens is 1. The molecule has 0 saturated carbocycles. The first-order valence-electron chi connectivity index (χ1n) is 7.21. The van der Waals surface area contributed by atoms with Gasteiger partial charge in [0.25, 0.3) is 5.91 Å². The van der Waals surface area contributed by atoms with Crippen LogP contribution in [0.5, 0.6) is 5.88 Å². The van der Waals surface area contributed by atoms with Gasteiger partial charge in [0.2, 0.25) is 5.88 Å². The van der Waals surface area contributed by atoms with Crippen LogP contribution >= 0.6 is 0 Å². The van der Waals surface area contributed by atoms with E-state index in [0.717, 1.165) is 5.56 Å². The molecule has 24 heavy (non-hydrogen) atoms. The Bertz CT molecular complexity index is 832. The maximum atomic E-state index is 12.9. The van der Waals surface area contributed by atoms with Crippen LogP contribution in [0.2, 0.25) is 0 Å². The number of ether oxygens (including phenoxy) is 1. The first-order valence-corrected chi connectivity index (χ1v) is 7.21. The summed E-state index contributed by atoms with van der Waals surface area (Å²) in [5.41, 5.74) is 2.59. The molecule has 3 rings (SSSR count). The zero-order valence-electron chi connectivity index (χ0n) is 12.9. The van der Waals surface area contributed by atoms with Crippen LogP contribution in [0.4, 0.5) is 10.1 Å². The van der Waals surface area contributed by atoms with Gasteiger partial charge in [0.1, 0.15) is 5.82 Å². The molecule has 5 nitrogen and oxygen atoms in total. The molecule has 0 bridgehead atoms. The maximum absolute atomic E-state index is 12.9. The van der Waals surface area contributed by atoms with E-state index in [-0.39, 0.29) is 11.7 Å². The van der Waals surface area contributed by atoms with Crippen molar-refractivity contribution in [3.63, 3.8) is 0 Å². The lowest BCUT2D eigenvalue weighted by molar-refractivity contribution is 0.102. The Hall–Kier alpha value is -3.28. The summed E-state index contributed by atoms with van der Waals surface area (Å²) in [7, 11) is 1.53. The lowest BCUT2D eigenvalue weighted by Crippen LogP contribution is -2.11. The van der Waals surface area contributed by atoms with Crippen molar-refractivity contribution >= 4 is 11.6 Å². The molecule has 1 aromatic heterocycles. The number of rotatable bonds is 4. The summed E-state index contributed by atoms with van der Waals surface area (Å²) in [5, 5.41) is 10.7. The van der Waals surface area contributed by atoms with Crippen LogP contribution < -0.4 is 10.1 Å². The van der Waals surface area contributed by atoms with Crippen molar-refractivity contribution < 1.29 is 13.9 Å². The van der Waals surface area contributed by atoms with Crippen LogP contribution in [0.1, 0.15) is 10.4 Å². The van der Waals surface area contributed by atoms with Gasteiger partial charge in [0.15, 0.2) is 0 Å². The molecular formula is C18H14FN3O2. The fourth-order valence-corrected chi connectivity index (χ4v) is 2.11. The molecule has 1 heterocycles. The molecule has 0 fully saturated rings. The molecule has 0 unspecified atom stereocenters. The Morgan fingerprint density at radius 3 is 2.25 bits per heavy atom. The third kappa shape index (κ3) is 3.55. The van der Waals surface area contributed by atoms with E-state index in [9.17, 15) is 9.18 Å². The number of anilines is 1. The third-order valence-corrected chi connectivity index (χ3v) is 3.39. The third-order valence-electron chi connectivity index (χ3n) is 3.39. The Balaban J connectivity index is 1.71. The highest BCUT2D eigenvalue weighted by atomic mass is 19.1. The normalized spacial score (nSPS) is 10.2. The molecule has 0 aliphatic heterocycles. The lowest BCUT2D eigenvalue weighted by Gasteiger charge is -2.07. The molecule has 1 amide bonds. The van der Waals surface area contributed by atoms with Gasteiger partial charge in [-0.1, -0.05) is 12.1 Å². The van der Waals surface area contributed by atoms with Gasteiger partial charge in [0, 0.05) is 22.9 Å². The van der Waals surface area contributed by atoms with E-state index in [1.807, 2.05) is 12.1 Å². The number of nitrogens with zero attached hydrogens (tertiary/aromatic N) is 2. The van der Waals surface area contributed by atoms with Crippen molar-refractivity contribution in [1.29, 1.82) is 0 Å². The summed E-state index contributed by atoms with van der Waals surface area (Å²) in [5.74, 6) is -0.231. The molecule has 120 valence electrons. The number of nitrogens with one attached hydrogen (secondary N) is 1. The minimum Gasteiger partial charge on any atom is -0.480 e. The topological polar surface area (TPSA) is 64.1 Å². The van der Waals surface area contributed by atoms with Crippen molar-refractivity contribution in [3.05, 3.63) is 72.0 Å². The quantitative estimate of drug-likeness (QED) is 0.797. The molecule has 0 saturated heterocycles. The second-order valence-electron chi connectivity index (χ2n) is 5.00. The summed E-state index contributed by atoms with van der Waals surface area (Å²) in [6, 6.07) is 16.1. The minimum absolute atomic E-state index is 0.299. The Morgan fingerprint density at radius 2 is 1.67 bits per heavy atom. The molecule has 6 heteroatoms. The molecule has 0 radical (unpaired) electrons. The van der Waals surface area contributed by atoms with Gasteiger partial charge >= 0.3 is 0 Å². The molecule has 0 spiro atoms. The molecular weight excluding hydrogens is 309 g/mol. The maximum Gasteiger partial charge on any atom is 0.255 e. The van der Waals surface area contributed by atoms with Crippen molar-refractivity contribution in [3.8, 4) is 17.1 Å². The molecule has 1 N–H and O–H groups in total. The molecule has 0 atom stereocenters. The number of benzene rings is 2. The van der Waals surface area contributed by atoms with Crippen LogP contribution in [0, 0.1) is 5.82 Å². The summed E-state index contributed by atoms with van der Waals surface area (Å²) in [4.78, 5) is 12.1. The van der Waals surface area contributed by atoms with E-state index in [0.29, 0.717) is 22.8 Å². The standard InChI is InChI=1S/C18H14FN3O2/c1-24-17-11-10-16(21-22-17)12-4-8-15(9-5-12)20-18(23)13-2-6-14(19)7-3-13/h2-11H,1H3,(H,20,23). The molecule has 2 aromatic carbocycles. The Labute approximate surface area is 138 Å². The lowest BCUT2D eigenvalue weighted by atomic mass is 10.1. The predicted octanol–water partition coefficient (Wildman–Crippen LogP) is 3.54. The van der Waals surface area contributed by atoms with Crippen molar-refractivity contribution in [1.82, 2.24) is 10.2 Å². The van der Waals surface area contributed by atoms with Crippen LogP contribution in [0.3, 0.4) is 0 Å². The zero-order valence-corrected chi connectivity index (χ0v) is 12.9. The molecule has 0 aliphatic carbocycles. The number of methoxy groups -OCH3 is 1. The highest BCUT2D eigenvalue weighted by Gasteiger charge is 2.07. The minimum atomic E-state index is -0.378. The summed E-state index contributed by atoms with van der Waals surface area (Å²) >= 11 is 0. The number of carbonyl (C=O) groups is 1. The van der Waals surface area contributed by atoms with E-state index in [2.05, 4.69) is 15.5 Å². The van der Waals surface area contributed by atoms with Gasteiger partial charge < -0.3 is 10.1 Å². The van der Waals surface area contributed by atoms with Gasteiger partial charge in [-0.15, -0.1) is 10.2 Å². The first kappa shape index (κ1) is 15.6. The van der Waals surface area contributed by atoms with Crippen molar-refractivity contribution in [2.24, 2.45) is 0 Å². The van der Waals surface area contributed by atoms with Gasteiger partial charge in [-0.3, -0.25) is 4.79 Å². The number of amides is 1. The van der Waals surface area contributed by atoms with E-state index >= 15 is 0 Å². The van der Waals surface area contributed by atoms with Crippen LogP contribution in [0.15, 0.2) is 60.7 Å². The van der Waals surface area contributed by atoms with Crippen molar-refractivity contribution in [2.45, 2.75) is 0 Å². The van der Waals surface area contributed by atoms with E-state index in [1.54, 1.807) is 24.3 Å². The largest absolute Gasteiger partial charge is 0.480 e.